The van der Waals surface area contributed by atoms with Crippen LogP contribution in [0.4, 0.5) is 0 Å². The molecule has 1 aromatic rings. The van der Waals surface area contributed by atoms with Gasteiger partial charge in [0.1, 0.15) is 5.75 Å². The van der Waals surface area contributed by atoms with Gasteiger partial charge in [-0.15, -0.1) is 12.4 Å². The lowest BCUT2D eigenvalue weighted by molar-refractivity contribution is 0.213. The summed E-state index contributed by atoms with van der Waals surface area (Å²) < 4.78 is 6.01. The summed E-state index contributed by atoms with van der Waals surface area (Å²) in [6, 6.07) is 5.92. The molecule has 0 atom stereocenters. The van der Waals surface area contributed by atoms with Gasteiger partial charge in [0.05, 0.1) is 6.61 Å². The van der Waals surface area contributed by atoms with E-state index >= 15 is 0 Å². The summed E-state index contributed by atoms with van der Waals surface area (Å²) in [7, 11) is 0. The summed E-state index contributed by atoms with van der Waals surface area (Å²) in [6.45, 7) is 7.40. The number of hydrogen-bond donors (Lipinski definition) is 1. The molecule has 0 radical (unpaired) electrons. The Morgan fingerprint density at radius 2 is 2.00 bits per heavy atom. The van der Waals surface area contributed by atoms with Crippen LogP contribution in [0.1, 0.15) is 38.2 Å². The molecule has 0 spiro atoms. The molecule has 1 heterocycles. The van der Waals surface area contributed by atoms with Crippen LogP contribution in [0, 0.1) is 5.92 Å². The minimum Gasteiger partial charge on any atom is -0.493 e. The van der Waals surface area contributed by atoms with Gasteiger partial charge in [0, 0.05) is 5.02 Å². The zero-order chi connectivity index (χ0) is 13.0. The van der Waals surface area contributed by atoms with Crippen molar-refractivity contribution in [2.75, 3.05) is 19.7 Å². The van der Waals surface area contributed by atoms with Crippen LogP contribution in [0.3, 0.4) is 0 Å². The van der Waals surface area contributed by atoms with Crippen LogP contribution in [0.2, 0.25) is 5.02 Å². The molecule has 2 rings (SSSR count). The molecule has 4 heteroatoms. The smallest absolute Gasteiger partial charge is 0.122 e. The molecule has 1 aliphatic rings. The predicted molar refractivity (Wildman–Crippen MR) is 83.9 cm³/mol. The third-order valence-electron chi connectivity index (χ3n) is 3.53. The topological polar surface area (TPSA) is 21.3 Å². The molecule has 0 aliphatic carbocycles. The van der Waals surface area contributed by atoms with Gasteiger partial charge >= 0.3 is 0 Å². The summed E-state index contributed by atoms with van der Waals surface area (Å²) in [5.41, 5.74) is 1.21. The fourth-order valence-electron chi connectivity index (χ4n) is 2.36. The summed E-state index contributed by atoms with van der Waals surface area (Å²) in [5.74, 6) is 2.11. The molecule has 0 aromatic heterocycles. The molecular formula is C15H23Cl2NO. The molecule has 1 aromatic carbocycles. The van der Waals surface area contributed by atoms with Crippen molar-refractivity contribution in [3.05, 3.63) is 28.8 Å². The highest BCUT2D eigenvalue weighted by Gasteiger charge is 2.15. The molecule has 1 saturated heterocycles. The van der Waals surface area contributed by atoms with Crippen LogP contribution < -0.4 is 10.1 Å². The maximum absolute atomic E-state index is 6.05. The Morgan fingerprint density at radius 1 is 1.32 bits per heavy atom. The van der Waals surface area contributed by atoms with Crippen LogP contribution in [0.25, 0.3) is 0 Å². The fourth-order valence-corrected chi connectivity index (χ4v) is 2.54. The van der Waals surface area contributed by atoms with Crippen LogP contribution in [0.15, 0.2) is 18.2 Å². The van der Waals surface area contributed by atoms with Gasteiger partial charge in [0.15, 0.2) is 0 Å². The van der Waals surface area contributed by atoms with Crippen molar-refractivity contribution in [3.63, 3.8) is 0 Å². The van der Waals surface area contributed by atoms with E-state index in [2.05, 4.69) is 19.2 Å². The first-order chi connectivity index (χ1) is 8.66. The number of piperidine rings is 1. The van der Waals surface area contributed by atoms with Gasteiger partial charge in [-0.2, -0.15) is 0 Å². The second kappa shape index (κ2) is 7.98. The third kappa shape index (κ3) is 4.87. The van der Waals surface area contributed by atoms with Crippen LogP contribution in [-0.4, -0.2) is 19.7 Å². The van der Waals surface area contributed by atoms with Gasteiger partial charge in [0.25, 0.3) is 0 Å². The number of hydrogen-bond acceptors (Lipinski definition) is 2. The Bertz CT molecular complexity index is 390. The summed E-state index contributed by atoms with van der Waals surface area (Å²) in [5, 5.41) is 4.16. The van der Waals surface area contributed by atoms with Crippen molar-refractivity contribution in [2.45, 2.75) is 32.6 Å². The van der Waals surface area contributed by atoms with E-state index in [1.165, 1.54) is 18.4 Å². The van der Waals surface area contributed by atoms with E-state index in [9.17, 15) is 0 Å². The molecule has 0 unspecified atom stereocenters. The molecule has 0 amide bonds. The predicted octanol–water partition coefficient (Wildman–Crippen LogP) is 4.26. The average Bonchev–Trinajstić information content (AvgIpc) is 2.38. The lowest BCUT2D eigenvalue weighted by Crippen LogP contribution is -2.30. The molecule has 0 bridgehead atoms. The third-order valence-corrected chi connectivity index (χ3v) is 3.76. The zero-order valence-corrected chi connectivity index (χ0v) is 13.2. The van der Waals surface area contributed by atoms with Crippen LogP contribution in [0.5, 0.6) is 5.75 Å². The second-order valence-electron chi connectivity index (χ2n) is 5.34. The van der Waals surface area contributed by atoms with Crippen molar-refractivity contribution in [1.29, 1.82) is 0 Å². The van der Waals surface area contributed by atoms with Gasteiger partial charge in [-0.05, 0) is 61.5 Å². The zero-order valence-electron chi connectivity index (χ0n) is 11.6. The van der Waals surface area contributed by atoms with Gasteiger partial charge < -0.3 is 10.1 Å². The first-order valence-electron chi connectivity index (χ1n) is 6.80. The van der Waals surface area contributed by atoms with E-state index < -0.39 is 0 Å². The molecule has 0 saturated carbocycles. The number of ether oxygens (including phenoxy) is 1. The molecule has 1 N–H and O–H groups in total. The highest BCUT2D eigenvalue weighted by atomic mass is 35.5. The Morgan fingerprint density at radius 3 is 2.63 bits per heavy atom. The lowest BCUT2D eigenvalue weighted by Gasteiger charge is -2.23. The van der Waals surface area contributed by atoms with Crippen LogP contribution in [-0.2, 0) is 0 Å². The molecule has 1 aliphatic heterocycles. The van der Waals surface area contributed by atoms with Gasteiger partial charge in [-0.1, -0.05) is 25.4 Å². The van der Waals surface area contributed by atoms with E-state index in [0.29, 0.717) is 11.8 Å². The Hall–Kier alpha value is -0.440. The highest BCUT2D eigenvalue weighted by Crippen LogP contribution is 2.30. The fraction of sp³-hybridized carbons (Fsp3) is 0.600. The minimum atomic E-state index is 0. The average molecular weight is 304 g/mol. The maximum atomic E-state index is 6.05. The summed E-state index contributed by atoms with van der Waals surface area (Å²) >= 11 is 6.05. The van der Waals surface area contributed by atoms with Crippen molar-refractivity contribution in [2.24, 2.45) is 5.92 Å². The Labute approximate surface area is 127 Å². The van der Waals surface area contributed by atoms with Crippen molar-refractivity contribution in [1.82, 2.24) is 5.32 Å². The quantitative estimate of drug-likeness (QED) is 0.897. The van der Waals surface area contributed by atoms with E-state index in [-0.39, 0.29) is 12.4 Å². The number of nitrogens with one attached hydrogen (secondary N) is 1. The molecular weight excluding hydrogens is 281 g/mol. The van der Waals surface area contributed by atoms with E-state index in [1.54, 1.807) is 0 Å². The van der Waals surface area contributed by atoms with Crippen LogP contribution >= 0.6 is 24.0 Å². The standard InChI is InChI=1S/C15H22ClNO.ClH/c1-11(2)14-9-13(16)3-4-15(14)18-10-12-5-7-17-8-6-12;/h3-4,9,11-12,17H,5-8,10H2,1-2H3;1H. The molecule has 19 heavy (non-hydrogen) atoms. The largest absolute Gasteiger partial charge is 0.493 e. The van der Waals surface area contributed by atoms with E-state index in [4.69, 9.17) is 16.3 Å². The molecule has 108 valence electrons. The summed E-state index contributed by atoms with van der Waals surface area (Å²) in [4.78, 5) is 0. The molecule has 1 fully saturated rings. The summed E-state index contributed by atoms with van der Waals surface area (Å²) in [6.07, 6.45) is 2.43. The van der Waals surface area contributed by atoms with Gasteiger partial charge in [0.2, 0.25) is 0 Å². The first-order valence-corrected chi connectivity index (χ1v) is 7.17. The Balaban J connectivity index is 0.00000180. The molecule has 2 nitrogen and oxygen atoms in total. The lowest BCUT2D eigenvalue weighted by atomic mass is 9.99. The van der Waals surface area contributed by atoms with E-state index in [0.717, 1.165) is 30.5 Å². The van der Waals surface area contributed by atoms with Crippen molar-refractivity contribution in [3.8, 4) is 5.75 Å². The maximum Gasteiger partial charge on any atom is 0.122 e. The van der Waals surface area contributed by atoms with Crippen molar-refractivity contribution < 1.29 is 4.74 Å². The number of benzene rings is 1. The monoisotopic (exact) mass is 303 g/mol. The van der Waals surface area contributed by atoms with Gasteiger partial charge in [-0.3, -0.25) is 0 Å². The number of halogens is 2. The SMILES string of the molecule is CC(C)c1cc(Cl)ccc1OCC1CCNCC1.Cl. The van der Waals surface area contributed by atoms with Gasteiger partial charge in [-0.25, -0.2) is 0 Å². The normalized spacial score (nSPS) is 16.2. The minimum absolute atomic E-state index is 0. The van der Waals surface area contributed by atoms with Crippen molar-refractivity contribution >= 4 is 24.0 Å². The van der Waals surface area contributed by atoms with E-state index in [1.807, 2.05) is 18.2 Å². The number of rotatable bonds is 4. The first kappa shape index (κ1) is 16.6. The Kier molecular flexibility index (Phi) is 6.98. The highest BCUT2D eigenvalue weighted by molar-refractivity contribution is 6.30. The second-order valence-corrected chi connectivity index (χ2v) is 5.78.